The monoisotopic (exact) mass is 482 g/mol. The highest BCUT2D eigenvalue weighted by Crippen LogP contribution is 2.18. The van der Waals surface area contributed by atoms with Crippen LogP contribution < -0.4 is 21.5 Å². The number of carbonyl (C=O) groups is 2. The van der Waals surface area contributed by atoms with Gasteiger partial charge in [0.05, 0.1) is 12.2 Å². The number of allylic oxidation sites excluding steroid dienone is 2. The average Bonchev–Trinajstić information content (AvgIpc) is 2.80. The van der Waals surface area contributed by atoms with Gasteiger partial charge in [0.15, 0.2) is 11.6 Å². The number of aliphatic imine (C=N–C) groups is 1. The van der Waals surface area contributed by atoms with Gasteiger partial charge in [-0.1, -0.05) is 18.7 Å². The number of aromatic amines is 1. The summed E-state index contributed by atoms with van der Waals surface area (Å²) in [7, 11) is 0. The van der Waals surface area contributed by atoms with Crippen molar-refractivity contribution in [3.63, 3.8) is 0 Å². The summed E-state index contributed by atoms with van der Waals surface area (Å²) in [6.07, 6.45) is 5.09. The van der Waals surface area contributed by atoms with E-state index in [0.29, 0.717) is 23.4 Å². The zero-order valence-corrected chi connectivity index (χ0v) is 19.1. The first-order valence-corrected chi connectivity index (χ1v) is 10.5. The molecule has 1 aromatic carbocycles. The molecular weight excluding hydrogens is 458 g/mol. The Labute approximate surface area is 199 Å². The van der Waals surface area contributed by atoms with Crippen LogP contribution in [0.4, 0.5) is 13.6 Å². The number of benzene rings is 1. The van der Waals surface area contributed by atoms with Crippen LogP contribution in [0.25, 0.3) is 0 Å². The minimum Gasteiger partial charge on any atom is -0.360 e. The number of dihydropyridines is 1. The van der Waals surface area contributed by atoms with Crippen LogP contribution >= 0.6 is 0 Å². The number of H-pyrrole nitrogens is 1. The van der Waals surface area contributed by atoms with E-state index in [0.717, 1.165) is 11.6 Å². The van der Waals surface area contributed by atoms with Gasteiger partial charge in [-0.2, -0.15) is 0 Å². The van der Waals surface area contributed by atoms with E-state index in [1.54, 1.807) is 25.3 Å². The van der Waals surface area contributed by atoms with E-state index in [2.05, 4.69) is 32.5 Å². The van der Waals surface area contributed by atoms with Crippen LogP contribution in [-0.2, 0) is 17.9 Å². The number of halogens is 2. The van der Waals surface area contributed by atoms with Crippen LogP contribution in [-0.4, -0.2) is 28.3 Å². The lowest BCUT2D eigenvalue weighted by Gasteiger charge is -2.24. The molecule has 0 radical (unpaired) electrons. The second-order valence-corrected chi connectivity index (χ2v) is 7.77. The van der Waals surface area contributed by atoms with Crippen molar-refractivity contribution in [1.82, 2.24) is 25.8 Å². The number of carbonyl (C=O) groups excluding carboxylic acids is 2. The average molecular weight is 482 g/mol. The molecule has 35 heavy (non-hydrogen) atoms. The van der Waals surface area contributed by atoms with Crippen LogP contribution in [0, 0.1) is 18.6 Å². The summed E-state index contributed by atoms with van der Waals surface area (Å²) in [6, 6.07) is 4.79. The summed E-state index contributed by atoms with van der Waals surface area (Å²) in [5.74, 6) is -2.20. The topological polar surface area (TPSA) is 119 Å². The molecule has 1 aliphatic heterocycles. The van der Waals surface area contributed by atoms with E-state index in [1.807, 2.05) is 0 Å². The molecule has 3 amide bonds. The fraction of sp³-hybridized carbons (Fsp3) is 0.167. The van der Waals surface area contributed by atoms with Gasteiger partial charge < -0.3 is 15.2 Å². The van der Waals surface area contributed by atoms with E-state index in [1.165, 1.54) is 30.2 Å². The standard InChI is InChI=1S/C24H24F2N6O3/c1-14-7-16(3)28-10-20(14)30-23(29-13-33)31-24(35)32(12-18-5-4-6-27-22(18)34)11-17-8-15(2)21(26)19(25)9-17/h4-10,13,28H,3,11-12H2,1-2H3,(H,27,34)(H2,29,30,31,33,35). The minimum absolute atomic E-state index is 0.0726. The number of guanidine groups is 1. The lowest BCUT2D eigenvalue weighted by molar-refractivity contribution is -0.108. The summed E-state index contributed by atoms with van der Waals surface area (Å²) < 4.78 is 27.7. The molecular formula is C24H24F2N6O3. The Kier molecular flexibility index (Phi) is 7.92. The van der Waals surface area contributed by atoms with Gasteiger partial charge >= 0.3 is 6.03 Å². The quantitative estimate of drug-likeness (QED) is 0.288. The zero-order valence-electron chi connectivity index (χ0n) is 19.1. The molecule has 0 fully saturated rings. The van der Waals surface area contributed by atoms with Crippen LogP contribution in [0.3, 0.4) is 0 Å². The first-order chi connectivity index (χ1) is 16.7. The van der Waals surface area contributed by atoms with Gasteiger partial charge in [0.25, 0.3) is 5.56 Å². The molecule has 1 aliphatic rings. The molecule has 0 aliphatic carbocycles. The normalized spacial score (nSPS) is 13.4. The number of pyridine rings is 1. The molecule has 9 nitrogen and oxygen atoms in total. The van der Waals surface area contributed by atoms with Crippen molar-refractivity contribution in [2.75, 3.05) is 0 Å². The molecule has 0 bridgehead atoms. The lowest BCUT2D eigenvalue weighted by atomic mass is 10.1. The van der Waals surface area contributed by atoms with E-state index in [4.69, 9.17) is 0 Å². The van der Waals surface area contributed by atoms with Crippen LogP contribution in [0.2, 0.25) is 0 Å². The van der Waals surface area contributed by atoms with Crippen molar-refractivity contribution in [1.29, 1.82) is 0 Å². The number of amides is 3. The molecule has 1 aromatic heterocycles. The molecule has 0 unspecified atom stereocenters. The first-order valence-electron chi connectivity index (χ1n) is 10.5. The van der Waals surface area contributed by atoms with E-state index >= 15 is 0 Å². The third kappa shape index (κ3) is 6.50. The van der Waals surface area contributed by atoms with Gasteiger partial charge in [-0.15, -0.1) is 0 Å². The molecule has 182 valence electrons. The fourth-order valence-corrected chi connectivity index (χ4v) is 3.32. The Morgan fingerprint density at radius 1 is 1.26 bits per heavy atom. The van der Waals surface area contributed by atoms with Crippen LogP contribution in [0.5, 0.6) is 0 Å². The number of hydrogen-bond acceptors (Lipinski definition) is 5. The van der Waals surface area contributed by atoms with Gasteiger partial charge in [0.2, 0.25) is 12.4 Å². The third-order valence-corrected chi connectivity index (χ3v) is 5.03. The second-order valence-electron chi connectivity index (χ2n) is 7.77. The zero-order chi connectivity index (χ0) is 25.5. The van der Waals surface area contributed by atoms with Crippen molar-refractivity contribution in [3.8, 4) is 0 Å². The van der Waals surface area contributed by atoms with Gasteiger partial charge in [0, 0.05) is 30.2 Å². The molecule has 3 rings (SSSR count). The molecule has 4 N–H and O–H groups in total. The Hall–Kier alpha value is -4.54. The van der Waals surface area contributed by atoms with Crippen molar-refractivity contribution in [3.05, 3.63) is 105 Å². The molecule has 2 aromatic rings. The highest BCUT2D eigenvalue weighted by Gasteiger charge is 2.20. The van der Waals surface area contributed by atoms with Gasteiger partial charge in [-0.25, -0.2) is 18.6 Å². The highest BCUT2D eigenvalue weighted by molar-refractivity contribution is 6.00. The maximum atomic E-state index is 14.0. The Morgan fingerprint density at radius 3 is 2.69 bits per heavy atom. The summed E-state index contributed by atoms with van der Waals surface area (Å²) in [5, 5.41) is 7.71. The Balaban J connectivity index is 1.91. The smallest absolute Gasteiger partial charge is 0.324 e. The Morgan fingerprint density at radius 2 is 2.03 bits per heavy atom. The fourth-order valence-electron chi connectivity index (χ4n) is 3.32. The number of nitrogens with zero attached hydrogens (tertiary/aromatic N) is 2. The molecule has 2 heterocycles. The predicted molar refractivity (Wildman–Crippen MR) is 127 cm³/mol. The summed E-state index contributed by atoms with van der Waals surface area (Å²) in [6.45, 7) is 6.66. The second kappa shape index (κ2) is 11.1. The maximum Gasteiger partial charge on any atom is 0.324 e. The number of rotatable bonds is 6. The molecule has 0 atom stereocenters. The van der Waals surface area contributed by atoms with Gasteiger partial charge in [0.1, 0.15) is 0 Å². The maximum absolute atomic E-state index is 14.0. The SMILES string of the molecule is C=C1C=C(C)C(N=C(NC=O)NC(=O)N(Cc2cc(C)c(F)c(F)c2)Cc2ccc[nH]c2=O)=CN1. The first kappa shape index (κ1) is 25.1. The lowest BCUT2D eigenvalue weighted by Crippen LogP contribution is -2.47. The van der Waals surface area contributed by atoms with Crippen molar-refractivity contribution in [2.45, 2.75) is 26.9 Å². The van der Waals surface area contributed by atoms with Crippen molar-refractivity contribution < 1.29 is 18.4 Å². The van der Waals surface area contributed by atoms with Gasteiger partial charge in [-0.3, -0.25) is 20.2 Å². The number of urea groups is 1. The largest absolute Gasteiger partial charge is 0.360 e. The molecule has 11 heteroatoms. The van der Waals surface area contributed by atoms with E-state index in [-0.39, 0.29) is 30.2 Å². The van der Waals surface area contributed by atoms with E-state index < -0.39 is 23.2 Å². The molecule has 0 spiro atoms. The number of aromatic nitrogens is 1. The van der Waals surface area contributed by atoms with Crippen molar-refractivity contribution in [2.24, 2.45) is 4.99 Å². The number of nitrogens with one attached hydrogen (secondary N) is 4. The van der Waals surface area contributed by atoms with E-state index in [9.17, 15) is 23.2 Å². The third-order valence-electron chi connectivity index (χ3n) is 5.03. The van der Waals surface area contributed by atoms with Crippen molar-refractivity contribution >= 4 is 18.4 Å². The summed E-state index contributed by atoms with van der Waals surface area (Å²) in [5.41, 5.74) is 2.05. The van der Waals surface area contributed by atoms with Crippen LogP contribution in [0.1, 0.15) is 23.6 Å². The van der Waals surface area contributed by atoms with Crippen LogP contribution in [0.15, 0.2) is 76.1 Å². The highest BCUT2D eigenvalue weighted by atomic mass is 19.2. The number of aryl methyl sites for hydroxylation is 1. The summed E-state index contributed by atoms with van der Waals surface area (Å²) in [4.78, 5) is 44.5. The number of hydrogen-bond donors (Lipinski definition) is 4. The van der Waals surface area contributed by atoms with Gasteiger partial charge in [-0.05, 0) is 48.8 Å². The predicted octanol–water partition coefficient (Wildman–Crippen LogP) is 2.68. The minimum atomic E-state index is -1.05. The summed E-state index contributed by atoms with van der Waals surface area (Å²) >= 11 is 0. The Bertz CT molecular complexity index is 1290. The molecule has 0 saturated carbocycles. The molecule has 0 saturated heterocycles.